The zero-order chi connectivity index (χ0) is 13.4. The Morgan fingerprint density at radius 2 is 2.32 bits per heavy atom. The lowest BCUT2D eigenvalue weighted by Crippen LogP contribution is -2.23. The van der Waals surface area contributed by atoms with E-state index >= 15 is 0 Å². The van der Waals surface area contributed by atoms with Gasteiger partial charge in [0.15, 0.2) is 0 Å². The summed E-state index contributed by atoms with van der Waals surface area (Å²) < 4.78 is 11.2. The lowest BCUT2D eigenvalue weighted by Gasteiger charge is -2.18. The Labute approximate surface area is 118 Å². The van der Waals surface area contributed by atoms with E-state index in [4.69, 9.17) is 21.1 Å². The number of aliphatic hydroxyl groups excluding tert-OH is 1. The zero-order valence-electron chi connectivity index (χ0n) is 11.1. The molecule has 1 N–H and O–H groups in total. The van der Waals surface area contributed by atoms with Crippen LogP contribution in [0, 0.1) is 5.92 Å². The van der Waals surface area contributed by atoms with Crippen molar-refractivity contribution in [3.63, 3.8) is 0 Å². The maximum absolute atomic E-state index is 10.4. The first kappa shape index (κ1) is 13.2. The summed E-state index contributed by atoms with van der Waals surface area (Å²) in [6, 6.07) is 3.87. The van der Waals surface area contributed by atoms with Gasteiger partial charge in [-0.15, -0.1) is 0 Å². The lowest BCUT2D eigenvalue weighted by atomic mass is 9.93. The number of aliphatic hydroxyl groups is 1. The third-order valence-corrected chi connectivity index (χ3v) is 4.25. The van der Waals surface area contributed by atoms with E-state index in [9.17, 15) is 5.11 Å². The van der Waals surface area contributed by atoms with Gasteiger partial charge in [0.05, 0.1) is 25.4 Å². The van der Waals surface area contributed by atoms with Crippen molar-refractivity contribution < 1.29 is 14.6 Å². The number of hydrogen-bond acceptors (Lipinski definition) is 3. The van der Waals surface area contributed by atoms with Gasteiger partial charge in [0.25, 0.3) is 0 Å². The molecule has 3 atom stereocenters. The second-order valence-corrected chi connectivity index (χ2v) is 6.00. The molecule has 4 heteroatoms. The van der Waals surface area contributed by atoms with E-state index in [2.05, 4.69) is 0 Å². The highest BCUT2D eigenvalue weighted by molar-refractivity contribution is 6.30. The van der Waals surface area contributed by atoms with Gasteiger partial charge in [0.1, 0.15) is 5.75 Å². The van der Waals surface area contributed by atoms with Gasteiger partial charge in [-0.1, -0.05) is 11.6 Å². The maximum Gasteiger partial charge on any atom is 0.126 e. The molecule has 1 fully saturated rings. The van der Waals surface area contributed by atoms with Crippen molar-refractivity contribution in [1.29, 1.82) is 0 Å². The Morgan fingerprint density at radius 1 is 1.47 bits per heavy atom. The average molecular weight is 283 g/mol. The predicted molar refractivity (Wildman–Crippen MR) is 73.9 cm³/mol. The van der Waals surface area contributed by atoms with Crippen molar-refractivity contribution in [3.8, 4) is 5.75 Å². The second kappa shape index (κ2) is 5.31. The van der Waals surface area contributed by atoms with Crippen LogP contribution in [0.5, 0.6) is 5.75 Å². The van der Waals surface area contributed by atoms with Crippen molar-refractivity contribution in [1.82, 2.24) is 0 Å². The standard InChI is InChI=1S/C15H19ClO3/c1-9-4-12(8-19-9)14(17)7-11-6-13(16)5-10-2-3-18-15(10)11/h5-6,9,12,14,17H,2-4,7-8H2,1H3. The summed E-state index contributed by atoms with van der Waals surface area (Å²) in [5, 5.41) is 11.1. The molecule has 1 aromatic carbocycles. The summed E-state index contributed by atoms with van der Waals surface area (Å²) in [6.45, 7) is 3.40. The fraction of sp³-hybridized carbons (Fsp3) is 0.600. The van der Waals surface area contributed by atoms with Gasteiger partial charge < -0.3 is 14.6 Å². The molecule has 104 valence electrons. The summed E-state index contributed by atoms with van der Waals surface area (Å²) in [5.74, 6) is 1.14. The molecule has 2 heterocycles. The van der Waals surface area contributed by atoms with Gasteiger partial charge >= 0.3 is 0 Å². The number of ether oxygens (including phenoxy) is 2. The van der Waals surface area contributed by atoms with Crippen LogP contribution in [0.4, 0.5) is 0 Å². The molecular weight excluding hydrogens is 264 g/mol. The smallest absolute Gasteiger partial charge is 0.126 e. The average Bonchev–Trinajstić information content (AvgIpc) is 2.97. The van der Waals surface area contributed by atoms with Crippen LogP contribution in [0.1, 0.15) is 24.5 Å². The number of rotatable bonds is 3. The second-order valence-electron chi connectivity index (χ2n) is 5.56. The van der Waals surface area contributed by atoms with Crippen molar-refractivity contribution >= 4 is 11.6 Å². The van der Waals surface area contributed by atoms with Crippen LogP contribution in [0.2, 0.25) is 5.02 Å². The lowest BCUT2D eigenvalue weighted by molar-refractivity contribution is 0.0803. The fourth-order valence-electron chi connectivity index (χ4n) is 3.01. The van der Waals surface area contributed by atoms with E-state index in [-0.39, 0.29) is 12.0 Å². The van der Waals surface area contributed by atoms with Crippen molar-refractivity contribution in [2.45, 2.75) is 38.4 Å². The van der Waals surface area contributed by atoms with E-state index < -0.39 is 6.10 Å². The van der Waals surface area contributed by atoms with Crippen molar-refractivity contribution in [2.75, 3.05) is 13.2 Å². The minimum Gasteiger partial charge on any atom is -0.493 e. The largest absolute Gasteiger partial charge is 0.493 e. The Hall–Kier alpha value is -0.770. The molecule has 0 aliphatic carbocycles. The van der Waals surface area contributed by atoms with Gasteiger partial charge in [0, 0.05) is 23.8 Å². The predicted octanol–water partition coefficient (Wildman–Crippen LogP) is 2.60. The molecule has 2 aliphatic rings. The highest BCUT2D eigenvalue weighted by atomic mass is 35.5. The Balaban J connectivity index is 1.76. The zero-order valence-corrected chi connectivity index (χ0v) is 11.8. The van der Waals surface area contributed by atoms with Crippen LogP contribution in [0.15, 0.2) is 12.1 Å². The van der Waals surface area contributed by atoms with E-state index in [1.165, 1.54) is 0 Å². The summed E-state index contributed by atoms with van der Waals surface area (Å²) >= 11 is 6.13. The molecule has 1 saturated heterocycles. The van der Waals surface area contributed by atoms with Crippen LogP contribution < -0.4 is 4.74 Å². The highest BCUT2D eigenvalue weighted by Gasteiger charge is 2.30. The van der Waals surface area contributed by atoms with Gasteiger partial charge in [-0.05, 0) is 36.6 Å². The minimum atomic E-state index is -0.392. The molecule has 19 heavy (non-hydrogen) atoms. The van der Waals surface area contributed by atoms with E-state index in [0.29, 0.717) is 19.6 Å². The molecule has 3 unspecified atom stereocenters. The Kier molecular flexibility index (Phi) is 3.70. The molecule has 0 saturated carbocycles. The summed E-state index contributed by atoms with van der Waals surface area (Å²) in [4.78, 5) is 0. The first-order valence-corrected chi connectivity index (χ1v) is 7.25. The number of fused-ring (bicyclic) bond motifs is 1. The number of halogens is 1. The normalized spacial score (nSPS) is 27.1. The minimum absolute atomic E-state index is 0.214. The molecule has 0 amide bonds. The van der Waals surface area contributed by atoms with Gasteiger partial charge in [-0.3, -0.25) is 0 Å². The molecule has 1 aromatic rings. The topological polar surface area (TPSA) is 38.7 Å². The van der Waals surface area contributed by atoms with Crippen LogP contribution in [0.25, 0.3) is 0 Å². The van der Waals surface area contributed by atoms with Crippen LogP contribution in [-0.2, 0) is 17.6 Å². The first-order chi connectivity index (χ1) is 9.13. The van der Waals surface area contributed by atoms with E-state index in [1.807, 2.05) is 19.1 Å². The monoisotopic (exact) mass is 282 g/mol. The molecule has 3 rings (SSSR count). The van der Waals surface area contributed by atoms with E-state index in [0.717, 1.165) is 34.7 Å². The molecule has 0 bridgehead atoms. The number of hydrogen-bond donors (Lipinski definition) is 1. The van der Waals surface area contributed by atoms with Crippen molar-refractivity contribution in [2.24, 2.45) is 5.92 Å². The fourth-order valence-corrected chi connectivity index (χ4v) is 3.27. The highest BCUT2D eigenvalue weighted by Crippen LogP contribution is 2.35. The molecule has 0 radical (unpaired) electrons. The maximum atomic E-state index is 10.4. The SMILES string of the molecule is CC1CC(C(O)Cc2cc(Cl)cc3c2OCC3)CO1. The summed E-state index contributed by atoms with van der Waals surface area (Å²) in [7, 11) is 0. The molecule has 0 spiro atoms. The summed E-state index contributed by atoms with van der Waals surface area (Å²) in [5.41, 5.74) is 2.18. The van der Waals surface area contributed by atoms with Crippen LogP contribution in [-0.4, -0.2) is 30.5 Å². The summed E-state index contributed by atoms with van der Waals surface area (Å²) in [6.07, 6.45) is 2.27. The molecule has 2 aliphatic heterocycles. The number of benzene rings is 1. The first-order valence-electron chi connectivity index (χ1n) is 6.87. The van der Waals surface area contributed by atoms with Gasteiger partial charge in [-0.25, -0.2) is 0 Å². The third kappa shape index (κ3) is 2.73. The molecule has 3 nitrogen and oxygen atoms in total. The van der Waals surface area contributed by atoms with Crippen LogP contribution in [0.3, 0.4) is 0 Å². The van der Waals surface area contributed by atoms with E-state index in [1.54, 1.807) is 0 Å². The molecular formula is C15H19ClO3. The van der Waals surface area contributed by atoms with Gasteiger partial charge in [-0.2, -0.15) is 0 Å². The van der Waals surface area contributed by atoms with Crippen LogP contribution >= 0.6 is 11.6 Å². The van der Waals surface area contributed by atoms with Crippen molar-refractivity contribution in [3.05, 3.63) is 28.3 Å². The quantitative estimate of drug-likeness (QED) is 0.926. The molecule has 0 aromatic heterocycles. The Morgan fingerprint density at radius 3 is 3.05 bits per heavy atom. The van der Waals surface area contributed by atoms with Gasteiger partial charge in [0.2, 0.25) is 0 Å². The Bertz CT molecular complexity index is 475. The third-order valence-electron chi connectivity index (χ3n) is 4.03.